The van der Waals surface area contributed by atoms with Gasteiger partial charge in [0, 0.05) is 19.8 Å². The van der Waals surface area contributed by atoms with Gasteiger partial charge in [0.05, 0.1) is 30.2 Å². The highest BCUT2D eigenvalue weighted by molar-refractivity contribution is 5.96. The van der Waals surface area contributed by atoms with Gasteiger partial charge in [-0.25, -0.2) is 14.6 Å². The molecule has 4 rings (SSSR count). The first kappa shape index (κ1) is 23.4. The Hall–Kier alpha value is -4.73. The van der Waals surface area contributed by atoms with Gasteiger partial charge >= 0.3 is 11.7 Å². The highest BCUT2D eigenvalue weighted by Crippen LogP contribution is 2.12. The quantitative estimate of drug-likeness (QED) is 0.417. The maximum absolute atomic E-state index is 13.2. The zero-order valence-corrected chi connectivity index (χ0v) is 19.0. The Morgan fingerprint density at radius 2 is 1.66 bits per heavy atom. The number of carboxylic acid groups (broad SMARTS) is 1. The highest BCUT2D eigenvalue weighted by Gasteiger charge is 2.16. The number of rotatable bonds is 7. The third-order valence-corrected chi connectivity index (χ3v) is 5.59. The molecule has 10 nitrogen and oxygen atoms in total. The number of carbonyl (C=O) groups is 2. The number of hydrogen-bond donors (Lipinski definition) is 2. The Labute approximate surface area is 199 Å². The molecule has 0 unspecified atom stereocenters. The summed E-state index contributed by atoms with van der Waals surface area (Å²) >= 11 is 0. The lowest BCUT2D eigenvalue weighted by Crippen LogP contribution is -2.39. The lowest BCUT2D eigenvalue weighted by atomic mass is 10.1. The van der Waals surface area contributed by atoms with Crippen LogP contribution >= 0.6 is 0 Å². The van der Waals surface area contributed by atoms with E-state index in [1.165, 1.54) is 36.0 Å². The number of carbonyl (C=O) groups excluding carboxylic acids is 1. The van der Waals surface area contributed by atoms with Gasteiger partial charge in [-0.1, -0.05) is 24.3 Å². The van der Waals surface area contributed by atoms with Crippen molar-refractivity contribution < 1.29 is 19.4 Å². The average molecular weight is 474 g/mol. The van der Waals surface area contributed by atoms with Crippen molar-refractivity contribution >= 4 is 22.9 Å². The van der Waals surface area contributed by atoms with Crippen molar-refractivity contribution in [2.75, 3.05) is 7.11 Å². The van der Waals surface area contributed by atoms with Gasteiger partial charge in [-0.15, -0.1) is 0 Å². The molecule has 10 heteroatoms. The van der Waals surface area contributed by atoms with Crippen LogP contribution in [0.5, 0.6) is 5.75 Å². The summed E-state index contributed by atoms with van der Waals surface area (Å²) < 4.78 is 7.39. The molecule has 4 aromatic rings. The number of aromatic carboxylic acids is 1. The molecular weight excluding hydrogens is 452 g/mol. The van der Waals surface area contributed by atoms with Crippen molar-refractivity contribution in [2.45, 2.75) is 13.1 Å². The second-order valence-corrected chi connectivity index (χ2v) is 7.86. The van der Waals surface area contributed by atoms with E-state index in [1.54, 1.807) is 31.4 Å². The molecule has 0 radical (unpaired) electrons. The van der Waals surface area contributed by atoms with Gasteiger partial charge in [0.15, 0.2) is 0 Å². The third-order valence-electron chi connectivity index (χ3n) is 5.59. The molecule has 0 aliphatic heterocycles. The van der Waals surface area contributed by atoms with Crippen LogP contribution in [-0.4, -0.2) is 38.2 Å². The first-order valence-corrected chi connectivity index (χ1v) is 10.6. The summed E-state index contributed by atoms with van der Waals surface area (Å²) in [6.45, 7) is 0.208. The fourth-order valence-corrected chi connectivity index (χ4v) is 3.61. The standard InChI is InChI=1S/C25H22N4O6/c1-28-21-20(23(31)29(25(28)34)14-16-3-7-17(8-4-16)24(32)33)11-18(13-26-21)22(30)27-12-15-5-9-19(35-2)10-6-15/h3-11,13H,12,14H2,1-2H3,(H,27,30)(H,32,33). The van der Waals surface area contributed by atoms with E-state index in [2.05, 4.69) is 10.3 Å². The molecule has 35 heavy (non-hydrogen) atoms. The molecule has 1 amide bonds. The summed E-state index contributed by atoms with van der Waals surface area (Å²) in [6.07, 6.45) is 1.32. The predicted octanol–water partition coefficient (Wildman–Crippen LogP) is 1.78. The SMILES string of the molecule is COc1ccc(CNC(=O)c2cnc3c(c2)c(=O)n(Cc2ccc(C(=O)O)cc2)c(=O)n3C)cc1. The van der Waals surface area contributed by atoms with Crippen LogP contribution in [0.3, 0.4) is 0 Å². The van der Waals surface area contributed by atoms with E-state index in [4.69, 9.17) is 9.84 Å². The first-order valence-electron chi connectivity index (χ1n) is 10.6. The minimum Gasteiger partial charge on any atom is -0.497 e. The Morgan fingerprint density at radius 3 is 2.29 bits per heavy atom. The summed E-state index contributed by atoms with van der Waals surface area (Å²) in [5.41, 5.74) is 0.712. The van der Waals surface area contributed by atoms with E-state index in [1.807, 2.05) is 12.1 Å². The van der Waals surface area contributed by atoms with Gasteiger partial charge in [0.1, 0.15) is 11.4 Å². The largest absolute Gasteiger partial charge is 0.497 e. The van der Waals surface area contributed by atoms with Crippen LogP contribution in [-0.2, 0) is 20.1 Å². The van der Waals surface area contributed by atoms with Gasteiger partial charge in [-0.2, -0.15) is 0 Å². The van der Waals surface area contributed by atoms with E-state index in [9.17, 15) is 19.2 Å². The number of benzene rings is 2. The molecule has 0 aliphatic carbocycles. The molecule has 2 heterocycles. The molecule has 0 aliphatic rings. The maximum atomic E-state index is 13.2. The van der Waals surface area contributed by atoms with Crippen LogP contribution in [0.25, 0.3) is 11.0 Å². The van der Waals surface area contributed by atoms with Crippen molar-refractivity contribution in [1.29, 1.82) is 0 Å². The van der Waals surface area contributed by atoms with Gasteiger partial charge in [0.25, 0.3) is 11.5 Å². The lowest BCUT2D eigenvalue weighted by molar-refractivity contribution is 0.0696. The zero-order chi connectivity index (χ0) is 25.1. The number of aryl methyl sites for hydroxylation is 1. The van der Waals surface area contributed by atoms with E-state index >= 15 is 0 Å². The number of ether oxygens (including phenoxy) is 1. The molecule has 178 valence electrons. The van der Waals surface area contributed by atoms with Crippen molar-refractivity contribution in [3.8, 4) is 5.75 Å². The smallest absolute Gasteiger partial charge is 0.335 e. The van der Waals surface area contributed by atoms with Gasteiger partial charge in [-0.05, 0) is 41.5 Å². The number of carboxylic acids is 1. The van der Waals surface area contributed by atoms with Crippen LogP contribution in [0.4, 0.5) is 0 Å². The third kappa shape index (κ3) is 4.81. The lowest BCUT2D eigenvalue weighted by Gasteiger charge is -2.12. The van der Waals surface area contributed by atoms with Crippen LogP contribution in [0, 0.1) is 0 Å². The van der Waals surface area contributed by atoms with Crippen molar-refractivity contribution in [3.63, 3.8) is 0 Å². The second-order valence-electron chi connectivity index (χ2n) is 7.86. The summed E-state index contributed by atoms with van der Waals surface area (Å²) in [7, 11) is 3.06. The molecular formula is C25H22N4O6. The summed E-state index contributed by atoms with van der Waals surface area (Å²) in [6, 6.07) is 14.5. The van der Waals surface area contributed by atoms with Crippen molar-refractivity contribution in [1.82, 2.24) is 19.4 Å². The normalized spacial score (nSPS) is 10.8. The molecule has 2 aromatic heterocycles. The van der Waals surface area contributed by atoms with Gasteiger partial charge in [-0.3, -0.25) is 18.7 Å². The second kappa shape index (κ2) is 9.64. The van der Waals surface area contributed by atoms with E-state index in [0.29, 0.717) is 11.3 Å². The predicted molar refractivity (Wildman–Crippen MR) is 128 cm³/mol. The Morgan fingerprint density at radius 1 is 1.00 bits per heavy atom. The van der Waals surface area contributed by atoms with E-state index < -0.39 is 23.1 Å². The van der Waals surface area contributed by atoms with Gasteiger partial charge < -0.3 is 15.2 Å². The average Bonchev–Trinajstić information content (AvgIpc) is 2.88. The van der Waals surface area contributed by atoms with E-state index in [0.717, 1.165) is 10.1 Å². The fraction of sp³-hybridized carbons (Fsp3) is 0.160. The molecule has 0 atom stereocenters. The fourth-order valence-electron chi connectivity index (χ4n) is 3.61. The Bertz CT molecular complexity index is 1540. The number of nitrogens with one attached hydrogen (secondary N) is 1. The Balaban J connectivity index is 1.63. The minimum absolute atomic E-state index is 0.0603. The van der Waals surface area contributed by atoms with Crippen LogP contribution in [0.15, 0.2) is 70.4 Å². The summed E-state index contributed by atoms with van der Waals surface area (Å²) in [4.78, 5) is 53.9. The molecule has 2 aromatic carbocycles. The summed E-state index contributed by atoms with van der Waals surface area (Å²) in [5.74, 6) is -0.781. The highest BCUT2D eigenvalue weighted by atomic mass is 16.5. The van der Waals surface area contributed by atoms with Crippen LogP contribution in [0.2, 0.25) is 0 Å². The van der Waals surface area contributed by atoms with E-state index in [-0.39, 0.29) is 35.2 Å². The number of amides is 1. The molecule has 2 N–H and O–H groups in total. The van der Waals surface area contributed by atoms with Crippen LogP contribution in [0.1, 0.15) is 31.8 Å². The number of aromatic nitrogens is 3. The van der Waals surface area contributed by atoms with Crippen molar-refractivity contribution in [3.05, 3.63) is 104 Å². The van der Waals surface area contributed by atoms with Crippen molar-refractivity contribution in [2.24, 2.45) is 7.05 Å². The number of nitrogens with zero attached hydrogens (tertiary/aromatic N) is 3. The molecule has 0 spiro atoms. The molecule has 0 saturated heterocycles. The topological polar surface area (TPSA) is 133 Å². The first-order chi connectivity index (χ1) is 16.8. The van der Waals surface area contributed by atoms with Crippen LogP contribution < -0.4 is 21.3 Å². The molecule has 0 fully saturated rings. The number of pyridine rings is 1. The zero-order valence-electron chi connectivity index (χ0n) is 19.0. The number of hydrogen-bond acceptors (Lipinski definition) is 6. The Kier molecular flexibility index (Phi) is 6.45. The minimum atomic E-state index is -1.07. The molecule has 0 saturated carbocycles. The monoisotopic (exact) mass is 474 g/mol. The summed E-state index contributed by atoms with van der Waals surface area (Å²) in [5, 5.41) is 12.0. The number of fused-ring (bicyclic) bond motifs is 1. The molecule has 0 bridgehead atoms. The number of methoxy groups -OCH3 is 1. The van der Waals surface area contributed by atoms with Gasteiger partial charge in [0.2, 0.25) is 0 Å². The maximum Gasteiger partial charge on any atom is 0.335 e.